The van der Waals surface area contributed by atoms with Gasteiger partial charge >= 0.3 is 0 Å². The number of carbonyl (C=O) groups excluding carboxylic acids is 1. The van der Waals surface area contributed by atoms with Crippen LogP contribution in [0.2, 0.25) is 0 Å². The van der Waals surface area contributed by atoms with Crippen molar-refractivity contribution in [1.29, 1.82) is 0 Å². The molecule has 1 aliphatic carbocycles. The summed E-state index contributed by atoms with van der Waals surface area (Å²) in [6.45, 7) is 0.675. The first-order valence-corrected chi connectivity index (χ1v) is 8.73. The molecule has 1 aliphatic rings. The van der Waals surface area contributed by atoms with Gasteiger partial charge in [0.2, 0.25) is 0 Å². The fourth-order valence-electron chi connectivity index (χ4n) is 3.32. The van der Waals surface area contributed by atoms with Crippen LogP contribution in [0.25, 0.3) is 0 Å². The van der Waals surface area contributed by atoms with Gasteiger partial charge in [-0.1, -0.05) is 36.8 Å². The van der Waals surface area contributed by atoms with Gasteiger partial charge in [0, 0.05) is 17.5 Å². The van der Waals surface area contributed by atoms with Crippen molar-refractivity contribution in [3.05, 3.63) is 65.2 Å². The summed E-state index contributed by atoms with van der Waals surface area (Å²) < 4.78 is 1.82. The van der Waals surface area contributed by atoms with Crippen LogP contribution in [0.4, 0.5) is 5.69 Å². The smallest absolute Gasteiger partial charge is 0.276 e. The SMILES string of the molecule is O=C(Nc1cnn(Cc2ccccc2)c1)c1n[nH]c2c1CCCCC2. The van der Waals surface area contributed by atoms with Crippen LogP contribution < -0.4 is 5.32 Å². The summed E-state index contributed by atoms with van der Waals surface area (Å²) in [6.07, 6.45) is 8.88. The number of nitrogens with zero attached hydrogens (tertiary/aromatic N) is 3. The van der Waals surface area contributed by atoms with Gasteiger partial charge in [-0.3, -0.25) is 14.6 Å². The number of aromatic amines is 1. The summed E-state index contributed by atoms with van der Waals surface area (Å²) >= 11 is 0. The van der Waals surface area contributed by atoms with Crippen molar-refractivity contribution in [1.82, 2.24) is 20.0 Å². The highest BCUT2D eigenvalue weighted by atomic mass is 16.2. The highest BCUT2D eigenvalue weighted by Gasteiger charge is 2.21. The number of amides is 1. The minimum absolute atomic E-state index is 0.168. The lowest BCUT2D eigenvalue weighted by molar-refractivity contribution is 0.102. The molecule has 2 heterocycles. The van der Waals surface area contributed by atoms with Crippen LogP contribution in [0, 0.1) is 0 Å². The van der Waals surface area contributed by atoms with Gasteiger partial charge in [-0.15, -0.1) is 0 Å². The normalized spacial score (nSPS) is 13.9. The van der Waals surface area contributed by atoms with Gasteiger partial charge in [0.1, 0.15) is 0 Å². The molecule has 3 aromatic rings. The van der Waals surface area contributed by atoms with Crippen LogP contribution >= 0.6 is 0 Å². The monoisotopic (exact) mass is 335 g/mol. The third kappa shape index (κ3) is 3.47. The molecule has 4 rings (SSSR count). The van der Waals surface area contributed by atoms with Crippen molar-refractivity contribution in [2.24, 2.45) is 0 Å². The molecule has 0 spiro atoms. The number of hydrogen-bond donors (Lipinski definition) is 2. The standard InChI is InChI=1S/C19H21N5O/c25-19(18-16-9-5-2-6-10-17(16)22-23-18)21-15-11-20-24(13-15)12-14-7-3-1-4-8-14/h1,3-4,7-8,11,13H,2,5-6,9-10,12H2,(H,21,25)(H,22,23). The van der Waals surface area contributed by atoms with Crippen LogP contribution in [0.1, 0.15) is 46.6 Å². The molecule has 1 amide bonds. The van der Waals surface area contributed by atoms with E-state index in [1.807, 2.05) is 29.1 Å². The largest absolute Gasteiger partial charge is 0.318 e. The summed E-state index contributed by atoms with van der Waals surface area (Å²) in [5.74, 6) is -0.168. The zero-order chi connectivity index (χ0) is 17.1. The zero-order valence-electron chi connectivity index (χ0n) is 14.0. The number of carbonyl (C=O) groups is 1. The number of fused-ring (bicyclic) bond motifs is 1. The van der Waals surface area contributed by atoms with Gasteiger partial charge in [-0.2, -0.15) is 10.2 Å². The first-order chi connectivity index (χ1) is 12.3. The molecule has 0 unspecified atom stereocenters. The minimum Gasteiger partial charge on any atom is -0.318 e. The Bertz CT molecular complexity index is 865. The van der Waals surface area contributed by atoms with E-state index in [1.165, 1.54) is 12.0 Å². The molecule has 0 saturated heterocycles. The molecule has 128 valence electrons. The Balaban J connectivity index is 1.46. The minimum atomic E-state index is -0.168. The highest BCUT2D eigenvalue weighted by molar-refractivity contribution is 6.03. The number of hydrogen-bond acceptors (Lipinski definition) is 3. The number of rotatable bonds is 4. The Morgan fingerprint density at radius 1 is 1.16 bits per heavy atom. The Kier molecular flexibility index (Phi) is 4.33. The van der Waals surface area contributed by atoms with Gasteiger partial charge in [0.15, 0.2) is 5.69 Å². The van der Waals surface area contributed by atoms with Gasteiger partial charge in [0.25, 0.3) is 5.91 Å². The summed E-state index contributed by atoms with van der Waals surface area (Å²) in [4.78, 5) is 12.6. The summed E-state index contributed by atoms with van der Waals surface area (Å²) in [5, 5.41) is 14.5. The van der Waals surface area contributed by atoms with Gasteiger partial charge < -0.3 is 5.32 Å². The lowest BCUT2D eigenvalue weighted by Crippen LogP contribution is -2.14. The lowest BCUT2D eigenvalue weighted by Gasteiger charge is -2.03. The van der Waals surface area contributed by atoms with Crippen molar-refractivity contribution in [2.75, 3.05) is 5.32 Å². The molecule has 0 aliphatic heterocycles. The van der Waals surface area contributed by atoms with Crippen molar-refractivity contribution in [2.45, 2.75) is 38.6 Å². The van der Waals surface area contributed by atoms with Crippen molar-refractivity contribution in [3.63, 3.8) is 0 Å². The van der Waals surface area contributed by atoms with E-state index >= 15 is 0 Å². The second-order valence-corrected chi connectivity index (χ2v) is 6.46. The maximum absolute atomic E-state index is 12.6. The fraction of sp³-hybridized carbons (Fsp3) is 0.316. The quantitative estimate of drug-likeness (QED) is 0.719. The number of benzene rings is 1. The first kappa shape index (κ1) is 15.6. The molecule has 0 radical (unpaired) electrons. The summed E-state index contributed by atoms with van der Waals surface area (Å²) in [6, 6.07) is 10.1. The average Bonchev–Trinajstić information content (AvgIpc) is 3.16. The van der Waals surface area contributed by atoms with E-state index in [4.69, 9.17) is 0 Å². The van der Waals surface area contributed by atoms with E-state index in [2.05, 4.69) is 32.7 Å². The van der Waals surface area contributed by atoms with Crippen LogP contribution in [0.3, 0.4) is 0 Å². The van der Waals surface area contributed by atoms with Gasteiger partial charge in [-0.25, -0.2) is 0 Å². The van der Waals surface area contributed by atoms with Crippen molar-refractivity contribution >= 4 is 11.6 Å². The fourth-order valence-corrected chi connectivity index (χ4v) is 3.32. The third-order valence-corrected chi connectivity index (χ3v) is 4.60. The molecule has 0 atom stereocenters. The molecular formula is C19H21N5O. The molecule has 6 nitrogen and oxygen atoms in total. The lowest BCUT2D eigenvalue weighted by atomic mass is 10.1. The van der Waals surface area contributed by atoms with E-state index < -0.39 is 0 Å². The number of H-pyrrole nitrogens is 1. The molecular weight excluding hydrogens is 314 g/mol. The van der Waals surface area contributed by atoms with E-state index in [0.717, 1.165) is 36.9 Å². The molecule has 1 aromatic carbocycles. The Hall–Kier alpha value is -2.89. The molecule has 6 heteroatoms. The maximum Gasteiger partial charge on any atom is 0.276 e. The summed E-state index contributed by atoms with van der Waals surface area (Å²) in [5.41, 5.74) is 4.56. The molecule has 0 bridgehead atoms. The highest BCUT2D eigenvalue weighted by Crippen LogP contribution is 2.22. The van der Waals surface area contributed by atoms with Crippen molar-refractivity contribution < 1.29 is 4.79 Å². The zero-order valence-corrected chi connectivity index (χ0v) is 14.0. The topological polar surface area (TPSA) is 75.6 Å². The van der Waals surface area contributed by atoms with E-state index in [0.29, 0.717) is 17.9 Å². The molecule has 0 fully saturated rings. The molecule has 2 N–H and O–H groups in total. The number of anilines is 1. The van der Waals surface area contributed by atoms with Gasteiger partial charge in [-0.05, 0) is 31.2 Å². The molecule has 0 saturated carbocycles. The Labute approximate surface area is 146 Å². The van der Waals surface area contributed by atoms with Crippen molar-refractivity contribution in [3.8, 4) is 0 Å². The van der Waals surface area contributed by atoms with Crippen LogP contribution in [0.5, 0.6) is 0 Å². The number of nitrogens with one attached hydrogen (secondary N) is 2. The predicted molar refractivity (Wildman–Crippen MR) is 95.6 cm³/mol. The first-order valence-electron chi connectivity index (χ1n) is 8.73. The Morgan fingerprint density at radius 2 is 2.00 bits per heavy atom. The Morgan fingerprint density at radius 3 is 2.88 bits per heavy atom. The van der Waals surface area contributed by atoms with E-state index in [9.17, 15) is 4.79 Å². The van der Waals surface area contributed by atoms with Crippen LogP contribution in [0.15, 0.2) is 42.7 Å². The van der Waals surface area contributed by atoms with E-state index in [1.54, 1.807) is 6.20 Å². The predicted octanol–water partition coefficient (Wildman–Crippen LogP) is 3.18. The van der Waals surface area contributed by atoms with Crippen LogP contribution in [-0.2, 0) is 19.4 Å². The average molecular weight is 335 g/mol. The molecule has 25 heavy (non-hydrogen) atoms. The number of aryl methyl sites for hydroxylation is 1. The maximum atomic E-state index is 12.6. The summed E-state index contributed by atoms with van der Waals surface area (Å²) in [7, 11) is 0. The number of aromatic nitrogens is 4. The third-order valence-electron chi connectivity index (χ3n) is 4.60. The second kappa shape index (κ2) is 6.93. The van der Waals surface area contributed by atoms with Gasteiger partial charge in [0.05, 0.1) is 18.4 Å². The van der Waals surface area contributed by atoms with E-state index in [-0.39, 0.29) is 5.91 Å². The molecule has 2 aromatic heterocycles. The van der Waals surface area contributed by atoms with Crippen LogP contribution in [-0.4, -0.2) is 25.9 Å². The second-order valence-electron chi connectivity index (χ2n) is 6.46.